The minimum Gasteiger partial charge on any atom is -0.491 e. The van der Waals surface area contributed by atoms with E-state index < -0.39 is 0 Å². The van der Waals surface area contributed by atoms with Crippen LogP contribution in [0, 0.1) is 11.3 Å². The van der Waals surface area contributed by atoms with E-state index in [2.05, 4.69) is 32.1 Å². The van der Waals surface area contributed by atoms with Gasteiger partial charge in [-0.15, -0.1) is 0 Å². The molecule has 2 nitrogen and oxygen atoms in total. The Hall–Kier alpha value is -1.02. The fourth-order valence-electron chi connectivity index (χ4n) is 1.86. The van der Waals surface area contributed by atoms with Crippen LogP contribution in [0.1, 0.15) is 34.6 Å². The van der Waals surface area contributed by atoms with Crippen molar-refractivity contribution in [3.63, 3.8) is 0 Å². The molecule has 0 saturated heterocycles. The van der Waals surface area contributed by atoms with Gasteiger partial charge < -0.3 is 9.84 Å². The molecule has 2 atom stereocenters. The van der Waals surface area contributed by atoms with Crippen molar-refractivity contribution in [3.8, 4) is 0 Å². The van der Waals surface area contributed by atoms with E-state index in [1.54, 1.807) is 0 Å². The zero-order valence-electron chi connectivity index (χ0n) is 11.5. The molecule has 0 bridgehead atoms. The van der Waals surface area contributed by atoms with Crippen LogP contribution in [-0.4, -0.2) is 17.8 Å². The second-order valence-electron chi connectivity index (χ2n) is 4.97. The Bertz CT molecular complexity index is 348. The number of aliphatic hydroxyl groups is 1. The summed E-state index contributed by atoms with van der Waals surface area (Å²) in [5.41, 5.74) is 1.17. The van der Waals surface area contributed by atoms with Gasteiger partial charge in [-0.2, -0.15) is 0 Å². The summed E-state index contributed by atoms with van der Waals surface area (Å²) in [6.07, 6.45) is 8.02. The lowest BCUT2D eigenvalue weighted by molar-refractivity contribution is 0.0302. The van der Waals surface area contributed by atoms with Gasteiger partial charge in [0.2, 0.25) is 0 Å². The smallest absolute Gasteiger partial charge is 0.122 e. The Labute approximate surface area is 105 Å². The summed E-state index contributed by atoms with van der Waals surface area (Å²) in [6, 6.07) is 0. The average molecular weight is 236 g/mol. The van der Waals surface area contributed by atoms with Gasteiger partial charge in [-0.1, -0.05) is 52.8 Å². The van der Waals surface area contributed by atoms with E-state index in [9.17, 15) is 5.11 Å². The minimum absolute atomic E-state index is 0.0609. The number of hydrogen-bond acceptors (Lipinski definition) is 2. The highest BCUT2D eigenvalue weighted by atomic mass is 16.5. The van der Waals surface area contributed by atoms with E-state index in [0.717, 1.165) is 11.3 Å². The monoisotopic (exact) mass is 236 g/mol. The van der Waals surface area contributed by atoms with Gasteiger partial charge in [-0.05, 0) is 11.6 Å². The summed E-state index contributed by atoms with van der Waals surface area (Å²) >= 11 is 0. The molecule has 0 amide bonds. The van der Waals surface area contributed by atoms with Gasteiger partial charge in [-0.3, -0.25) is 0 Å². The third-order valence-electron chi connectivity index (χ3n) is 3.12. The maximum absolute atomic E-state index is 9.72. The van der Waals surface area contributed by atoms with Gasteiger partial charge in [-0.25, -0.2) is 0 Å². The van der Waals surface area contributed by atoms with Crippen molar-refractivity contribution in [3.05, 3.63) is 35.6 Å². The standard InChI is InChI=1S/C13H18O2.C2H6/c1-9-10-4-6-13(2,3)7-5-12(10)15-8-11(9)14;1-2/h4-7,9,11,14H,8H2,1-3H3;1-2H3. The Morgan fingerprint density at radius 1 is 1.24 bits per heavy atom. The first-order chi connectivity index (χ1) is 7.99. The van der Waals surface area contributed by atoms with Crippen LogP contribution < -0.4 is 0 Å². The van der Waals surface area contributed by atoms with E-state index in [0.29, 0.717) is 6.61 Å². The lowest BCUT2D eigenvalue weighted by Gasteiger charge is -2.27. The van der Waals surface area contributed by atoms with Crippen molar-refractivity contribution in [1.82, 2.24) is 0 Å². The molecule has 2 heteroatoms. The number of aliphatic hydroxyl groups excluding tert-OH is 1. The third-order valence-corrected chi connectivity index (χ3v) is 3.12. The van der Waals surface area contributed by atoms with Crippen molar-refractivity contribution < 1.29 is 9.84 Å². The molecule has 0 saturated carbocycles. The van der Waals surface area contributed by atoms with Gasteiger partial charge in [0.1, 0.15) is 12.4 Å². The fourth-order valence-corrected chi connectivity index (χ4v) is 1.86. The number of ether oxygens (including phenoxy) is 1. The average Bonchev–Trinajstić information content (AvgIpc) is 2.46. The maximum atomic E-state index is 9.72. The molecule has 1 N–H and O–H groups in total. The van der Waals surface area contributed by atoms with Crippen molar-refractivity contribution in [1.29, 1.82) is 0 Å². The van der Waals surface area contributed by atoms with Crippen molar-refractivity contribution in [2.45, 2.75) is 40.7 Å². The van der Waals surface area contributed by atoms with Crippen LogP contribution in [0.15, 0.2) is 35.6 Å². The summed E-state index contributed by atoms with van der Waals surface area (Å²) in [6.45, 7) is 10.7. The van der Waals surface area contributed by atoms with Gasteiger partial charge in [0.05, 0.1) is 6.10 Å². The normalized spacial score (nSPS) is 29.8. The molecule has 1 heterocycles. The molecule has 2 aliphatic rings. The lowest BCUT2D eigenvalue weighted by Crippen LogP contribution is -2.29. The summed E-state index contributed by atoms with van der Waals surface area (Å²) < 4.78 is 5.53. The van der Waals surface area contributed by atoms with Crippen LogP contribution in [-0.2, 0) is 4.74 Å². The molecule has 1 aliphatic heterocycles. The van der Waals surface area contributed by atoms with Crippen molar-refractivity contribution in [2.24, 2.45) is 11.3 Å². The first kappa shape index (κ1) is 14.0. The zero-order chi connectivity index (χ0) is 13.1. The van der Waals surface area contributed by atoms with Gasteiger partial charge in [0.15, 0.2) is 0 Å². The molecule has 1 aliphatic carbocycles. The predicted octanol–water partition coefficient (Wildman–Crippen LogP) is 3.45. The minimum atomic E-state index is -0.386. The third kappa shape index (κ3) is 3.22. The molecule has 96 valence electrons. The van der Waals surface area contributed by atoms with Crippen LogP contribution in [0.3, 0.4) is 0 Å². The second kappa shape index (κ2) is 5.54. The molecule has 2 rings (SSSR count). The topological polar surface area (TPSA) is 29.5 Å². The summed E-state index contributed by atoms with van der Waals surface area (Å²) in [7, 11) is 0. The molecule has 0 spiro atoms. The highest BCUT2D eigenvalue weighted by Crippen LogP contribution is 2.33. The molecule has 0 aromatic rings. The van der Waals surface area contributed by atoms with Gasteiger partial charge in [0.25, 0.3) is 0 Å². The molecule has 0 aromatic carbocycles. The van der Waals surface area contributed by atoms with Crippen molar-refractivity contribution >= 4 is 0 Å². The number of rotatable bonds is 0. The van der Waals surface area contributed by atoms with Crippen LogP contribution in [0.25, 0.3) is 0 Å². The molecular weight excluding hydrogens is 212 g/mol. The van der Waals surface area contributed by atoms with Crippen LogP contribution >= 0.6 is 0 Å². The summed E-state index contributed by atoms with van der Waals surface area (Å²) in [4.78, 5) is 0. The highest BCUT2D eigenvalue weighted by Gasteiger charge is 2.27. The number of hydrogen-bond donors (Lipinski definition) is 1. The molecule has 0 radical (unpaired) electrons. The highest BCUT2D eigenvalue weighted by molar-refractivity contribution is 5.38. The molecule has 0 aromatic heterocycles. The SMILES string of the molecule is CC.CC1C2=C(C=CC(C)(C)C=C2)OCC1O. The molecule has 0 fully saturated rings. The zero-order valence-corrected chi connectivity index (χ0v) is 11.5. The largest absolute Gasteiger partial charge is 0.491 e. The Morgan fingerprint density at radius 3 is 2.47 bits per heavy atom. The molecule has 2 unspecified atom stereocenters. The van der Waals surface area contributed by atoms with E-state index in [4.69, 9.17) is 4.74 Å². The number of allylic oxidation sites excluding steroid dienone is 4. The quantitative estimate of drug-likeness (QED) is 0.698. The summed E-state index contributed by atoms with van der Waals surface area (Å²) in [5.74, 6) is 1.07. The van der Waals surface area contributed by atoms with E-state index in [-0.39, 0.29) is 17.4 Å². The van der Waals surface area contributed by atoms with Gasteiger partial charge in [0, 0.05) is 11.3 Å². The molecule has 17 heavy (non-hydrogen) atoms. The van der Waals surface area contributed by atoms with E-state index in [1.807, 2.05) is 26.8 Å². The fraction of sp³-hybridized carbons (Fsp3) is 0.600. The first-order valence-corrected chi connectivity index (χ1v) is 6.43. The lowest BCUT2D eigenvalue weighted by atomic mass is 9.90. The van der Waals surface area contributed by atoms with E-state index >= 15 is 0 Å². The Morgan fingerprint density at radius 2 is 1.82 bits per heavy atom. The summed E-state index contributed by atoms with van der Waals surface area (Å²) in [5, 5.41) is 9.72. The van der Waals surface area contributed by atoms with E-state index in [1.165, 1.54) is 0 Å². The van der Waals surface area contributed by atoms with Crippen LogP contribution in [0.2, 0.25) is 0 Å². The Balaban J connectivity index is 0.000000686. The maximum Gasteiger partial charge on any atom is 0.122 e. The van der Waals surface area contributed by atoms with Gasteiger partial charge >= 0.3 is 0 Å². The second-order valence-corrected chi connectivity index (χ2v) is 4.97. The van der Waals surface area contributed by atoms with Crippen molar-refractivity contribution in [2.75, 3.05) is 6.61 Å². The predicted molar refractivity (Wildman–Crippen MR) is 71.6 cm³/mol. The molecular formula is C15H24O2. The first-order valence-electron chi connectivity index (χ1n) is 6.43. The van der Waals surface area contributed by atoms with Crippen LogP contribution in [0.5, 0.6) is 0 Å². The Kier molecular flexibility index (Phi) is 4.58. The van der Waals surface area contributed by atoms with Crippen LogP contribution in [0.4, 0.5) is 0 Å².